The monoisotopic (exact) mass is 255 g/mol. The second kappa shape index (κ2) is 8.48. The number of unbranched alkanes of at least 4 members (excludes halogenated alkanes) is 1. The molecule has 0 saturated carbocycles. The maximum Gasteiger partial charge on any atom is 0.222 e. The van der Waals surface area contributed by atoms with Crippen LogP contribution in [-0.2, 0) is 4.79 Å². The minimum Gasteiger partial charge on any atom is -0.356 e. The highest BCUT2D eigenvalue weighted by molar-refractivity contribution is 5.77. The van der Waals surface area contributed by atoms with E-state index < -0.39 is 0 Å². The highest BCUT2D eigenvalue weighted by atomic mass is 16.1. The summed E-state index contributed by atoms with van der Waals surface area (Å²) in [4.78, 5) is 16.4. The Hall–Kier alpha value is -0.610. The summed E-state index contributed by atoms with van der Waals surface area (Å²) >= 11 is 0. The third-order valence-electron chi connectivity index (χ3n) is 3.64. The van der Waals surface area contributed by atoms with Crippen LogP contribution in [0.25, 0.3) is 0 Å². The van der Waals surface area contributed by atoms with Gasteiger partial charge in [-0.2, -0.15) is 0 Å². The number of amides is 1. The summed E-state index contributed by atoms with van der Waals surface area (Å²) in [5.41, 5.74) is 0. The molecule has 0 spiro atoms. The average molecular weight is 255 g/mol. The quantitative estimate of drug-likeness (QED) is 0.694. The Kier molecular flexibility index (Phi) is 7.28. The van der Waals surface area contributed by atoms with Gasteiger partial charge < -0.3 is 15.1 Å². The van der Waals surface area contributed by atoms with Gasteiger partial charge in [0.25, 0.3) is 0 Å². The van der Waals surface area contributed by atoms with E-state index in [9.17, 15) is 4.79 Å². The largest absolute Gasteiger partial charge is 0.356 e. The Morgan fingerprint density at radius 1 is 1.11 bits per heavy atom. The molecule has 1 amide bonds. The van der Waals surface area contributed by atoms with Crippen LogP contribution in [0.2, 0.25) is 0 Å². The second-order valence-electron chi connectivity index (χ2n) is 5.43. The van der Waals surface area contributed by atoms with E-state index >= 15 is 0 Å². The minimum atomic E-state index is 0.104. The molecule has 1 aliphatic heterocycles. The lowest BCUT2D eigenvalue weighted by molar-refractivity contribution is -0.123. The van der Waals surface area contributed by atoms with Crippen LogP contribution in [0.4, 0.5) is 0 Å². The lowest BCUT2D eigenvalue weighted by atomic mass is 10.2. The van der Waals surface area contributed by atoms with E-state index in [1.807, 2.05) is 13.8 Å². The van der Waals surface area contributed by atoms with Gasteiger partial charge >= 0.3 is 0 Å². The van der Waals surface area contributed by atoms with Gasteiger partial charge in [0.05, 0.1) is 0 Å². The van der Waals surface area contributed by atoms with Crippen molar-refractivity contribution in [3.63, 3.8) is 0 Å². The van der Waals surface area contributed by atoms with Gasteiger partial charge in [0.15, 0.2) is 0 Å². The van der Waals surface area contributed by atoms with E-state index in [2.05, 4.69) is 22.0 Å². The molecule has 4 heteroatoms. The molecule has 0 atom stereocenters. The molecule has 106 valence electrons. The molecular weight excluding hydrogens is 226 g/mol. The van der Waals surface area contributed by atoms with E-state index in [1.54, 1.807) is 0 Å². The molecule has 0 unspecified atom stereocenters. The van der Waals surface area contributed by atoms with Gasteiger partial charge in [-0.25, -0.2) is 0 Å². The Labute approximate surface area is 112 Å². The first kappa shape index (κ1) is 15.4. The second-order valence-corrected chi connectivity index (χ2v) is 5.43. The lowest BCUT2D eigenvalue weighted by Gasteiger charge is -2.33. The fraction of sp³-hybridized carbons (Fsp3) is 0.929. The predicted octanol–water partition coefficient (Wildman–Crippen LogP) is 1.18. The van der Waals surface area contributed by atoms with E-state index in [-0.39, 0.29) is 11.8 Å². The summed E-state index contributed by atoms with van der Waals surface area (Å²) in [6, 6.07) is 0. The normalized spacial score (nSPS) is 18.2. The molecule has 0 aromatic heterocycles. The zero-order chi connectivity index (χ0) is 13.4. The van der Waals surface area contributed by atoms with Crippen LogP contribution < -0.4 is 5.32 Å². The summed E-state index contributed by atoms with van der Waals surface area (Å²) in [5.74, 6) is 0.277. The van der Waals surface area contributed by atoms with Crippen LogP contribution in [0.15, 0.2) is 0 Å². The highest BCUT2D eigenvalue weighted by Crippen LogP contribution is 2.03. The van der Waals surface area contributed by atoms with Crippen molar-refractivity contribution in [3.05, 3.63) is 0 Å². The third-order valence-corrected chi connectivity index (χ3v) is 3.64. The SMILES string of the molecule is CCN1CCN(CCCCNC(=O)C(C)C)CC1. The van der Waals surface area contributed by atoms with Crippen molar-refractivity contribution in [2.45, 2.75) is 33.6 Å². The first-order chi connectivity index (χ1) is 8.63. The standard InChI is InChI=1S/C14H29N3O/c1-4-16-9-11-17(12-10-16)8-6-5-7-15-14(18)13(2)3/h13H,4-12H2,1-3H3,(H,15,18). The van der Waals surface area contributed by atoms with E-state index in [0.29, 0.717) is 0 Å². The highest BCUT2D eigenvalue weighted by Gasteiger charge is 2.14. The summed E-state index contributed by atoms with van der Waals surface area (Å²) in [6.45, 7) is 14.1. The number of carbonyl (C=O) groups excluding carboxylic acids is 1. The molecule has 1 aliphatic rings. The van der Waals surface area contributed by atoms with Crippen molar-refractivity contribution in [1.29, 1.82) is 0 Å². The Balaban J connectivity index is 1.97. The molecule has 1 rings (SSSR count). The van der Waals surface area contributed by atoms with Crippen LogP contribution >= 0.6 is 0 Å². The first-order valence-electron chi connectivity index (χ1n) is 7.36. The van der Waals surface area contributed by atoms with E-state index in [1.165, 1.54) is 45.7 Å². The molecule has 0 bridgehead atoms. The summed E-state index contributed by atoms with van der Waals surface area (Å²) < 4.78 is 0. The third kappa shape index (κ3) is 5.83. The summed E-state index contributed by atoms with van der Waals surface area (Å²) in [5, 5.41) is 2.97. The lowest BCUT2D eigenvalue weighted by Crippen LogP contribution is -2.46. The van der Waals surface area contributed by atoms with Gasteiger partial charge in [0, 0.05) is 38.6 Å². The predicted molar refractivity (Wildman–Crippen MR) is 75.6 cm³/mol. The zero-order valence-corrected chi connectivity index (χ0v) is 12.2. The molecule has 4 nitrogen and oxygen atoms in total. The fourth-order valence-electron chi connectivity index (χ4n) is 2.21. The van der Waals surface area contributed by atoms with Gasteiger partial charge in [-0.05, 0) is 25.9 Å². The molecule has 0 radical (unpaired) electrons. The molecule has 1 saturated heterocycles. The topological polar surface area (TPSA) is 35.6 Å². The van der Waals surface area contributed by atoms with Gasteiger partial charge in [0.1, 0.15) is 0 Å². The van der Waals surface area contributed by atoms with Crippen molar-refractivity contribution >= 4 is 5.91 Å². The van der Waals surface area contributed by atoms with Crippen molar-refractivity contribution in [2.24, 2.45) is 5.92 Å². The minimum absolute atomic E-state index is 0.104. The first-order valence-corrected chi connectivity index (χ1v) is 7.36. The van der Waals surface area contributed by atoms with Crippen molar-refractivity contribution < 1.29 is 4.79 Å². The Morgan fingerprint density at radius 3 is 2.28 bits per heavy atom. The number of nitrogens with one attached hydrogen (secondary N) is 1. The Bertz CT molecular complexity index is 235. The van der Waals surface area contributed by atoms with Gasteiger partial charge in [-0.15, -0.1) is 0 Å². The van der Waals surface area contributed by atoms with Crippen LogP contribution in [0.3, 0.4) is 0 Å². The van der Waals surface area contributed by atoms with Gasteiger partial charge in [-0.1, -0.05) is 20.8 Å². The number of likely N-dealkylation sites (N-methyl/N-ethyl adjacent to an activating group) is 1. The van der Waals surface area contributed by atoms with Crippen LogP contribution in [0.5, 0.6) is 0 Å². The molecule has 0 aliphatic carbocycles. The maximum atomic E-state index is 11.3. The van der Waals surface area contributed by atoms with Crippen molar-refractivity contribution in [1.82, 2.24) is 15.1 Å². The smallest absolute Gasteiger partial charge is 0.222 e. The summed E-state index contributed by atoms with van der Waals surface area (Å²) in [6.07, 6.45) is 2.27. The molecule has 18 heavy (non-hydrogen) atoms. The van der Waals surface area contributed by atoms with Crippen molar-refractivity contribution in [3.8, 4) is 0 Å². The van der Waals surface area contributed by atoms with Crippen LogP contribution in [0.1, 0.15) is 33.6 Å². The fourth-order valence-corrected chi connectivity index (χ4v) is 2.21. The van der Waals surface area contributed by atoms with Gasteiger partial charge in [-0.3, -0.25) is 4.79 Å². The number of hydrogen-bond acceptors (Lipinski definition) is 3. The van der Waals surface area contributed by atoms with Crippen LogP contribution in [-0.4, -0.2) is 61.5 Å². The zero-order valence-electron chi connectivity index (χ0n) is 12.2. The number of hydrogen-bond donors (Lipinski definition) is 1. The molecule has 0 aromatic rings. The number of rotatable bonds is 7. The number of carbonyl (C=O) groups is 1. The van der Waals surface area contributed by atoms with Gasteiger partial charge in [0.2, 0.25) is 5.91 Å². The molecular formula is C14H29N3O. The van der Waals surface area contributed by atoms with Crippen molar-refractivity contribution in [2.75, 3.05) is 45.8 Å². The molecule has 1 fully saturated rings. The van der Waals surface area contributed by atoms with E-state index in [0.717, 1.165) is 13.0 Å². The summed E-state index contributed by atoms with van der Waals surface area (Å²) in [7, 11) is 0. The maximum absolute atomic E-state index is 11.3. The molecule has 0 aromatic carbocycles. The molecule has 1 N–H and O–H groups in total. The number of nitrogens with zero attached hydrogens (tertiary/aromatic N) is 2. The molecule has 1 heterocycles. The van der Waals surface area contributed by atoms with Crippen LogP contribution in [0, 0.1) is 5.92 Å². The average Bonchev–Trinajstić information content (AvgIpc) is 2.38. The Morgan fingerprint density at radius 2 is 1.72 bits per heavy atom. The number of piperazine rings is 1. The van der Waals surface area contributed by atoms with E-state index in [4.69, 9.17) is 0 Å².